The van der Waals surface area contributed by atoms with Gasteiger partial charge in [0.1, 0.15) is 17.9 Å². The molecule has 2 amide bonds. The SMILES string of the molecule is COc1ccc(CC(=O)Nc2ccc(C(=O)N(CC(=O)OC(C)(C)C)Cc3ccc(B4OC(C)(C)C(C)(C)O4)cc3)cc2)c(C(F)(F)F)c1. The van der Waals surface area contributed by atoms with E-state index in [4.69, 9.17) is 18.8 Å². The van der Waals surface area contributed by atoms with Crippen LogP contribution in [0.3, 0.4) is 0 Å². The number of hydrogen-bond donors (Lipinski definition) is 1. The molecule has 0 unspecified atom stereocenters. The zero-order chi connectivity index (χ0) is 36.4. The number of nitrogens with one attached hydrogen (secondary N) is 1. The average Bonchev–Trinajstić information content (AvgIpc) is 3.22. The molecule has 1 aliphatic heterocycles. The molecule has 0 radical (unpaired) electrons. The first kappa shape index (κ1) is 37.5. The molecule has 1 aliphatic rings. The third-order valence-electron chi connectivity index (χ3n) is 8.29. The molecule has 9 nitrogen and oxygen atoms in total. The Hall–Kier alpha value is -4.36. The molecular formula is C36H42BF3N2O7. The van der Waals surface area contributed by atoms with Crippen molar-refractivity contribution < 1.29 is 46.3 Å². The summed E-state index contributed by atoms with van der Waals surface area (Å²) in [6.45, 7) is 12.8. The van der Waals surface area contributed by atoms with E-state index >= 15 is 0 Å². The Labute approximate surface area is 285 Å². The van der Waals surface area contributed by atoms with Gasteiger partial charge < -0.3 is 29.0 Å². The summed E-state index contributed by atoms with van der Waals surface area (Å²) in [5.41, 5.74) is -0.870. The third-order valence-corrected chi connectivity index (χ3v) is 8.29. The van der Waals surface area contributed by atoms with Crippen LogP contribution in [0.4, 0.5) is 18.9 Å². The number of rotatable bonds is 10. The number of hydrogen-bond acceptors (Lipinski definition) is 7. The number of carbonyl (C=O) groups is 3. The monoisotopic (exact) mass is 682 g/mol. The summed E-state index contributed by atoms with van der Waals surface area (Å²) >= 11 is 0. The zero-order valence-corrected chi connectivity index (χ0v) is 29.0. The second-order valence-corrected chi connectivity index (χ2v) is 13.9. The van der Waals surface area contributed by atoms with Crippen molar-refractivity contribution in [3.63, 3.8) is 0 Å². The minimum absolute atomic E-state index is 0.0241. The molecule has 0 saturated carbocycles. The predicted octanol–water partition coefficient (Wildman–Crippen LogP) is 6.18. The van der Waals surface area contributed by atoms with E-state index in [1.54, 1.807) is 20.8 Å². The first-order chi connectivity index (χ1) is 22.7. The van der Waals surface area contributed by atoms with Crippen molar-refractivity contribution in [1.29, 1.82) is 0 Å². The minimum atomic E-state index is -4.67. The lowest BCUT2D eigenvalue weighted by Gasteiger charge is -2.32. The number of carbonyl (C=O) groups excluding carboxylic acids is 3. The van der Waals surface area contributed by atoms with E-state index in [1.165, 1.54) is 48.4 Å². The Bertz CT molecular complexity index is 1650. The van der Waals surface area contributed by atoms with Crippen LogP contribution in [0.2, 0.25) is 0 Å². The molecule has 0 aliphatic carbocycles. The second kappa shape index (κ2) is 14.2. The maximum Gasteiger partial charge on any atom is 0.494 e. The van der Waals surface area contributed by atoms with E-state index in [2.05, 4.69) is 5.32 Å². The molecule has 4 rings (SSSR count). The number of methoxy groups -OCH3 is 1. The topological polar surface area (TPSA) is 103 Å². The van der Waals surface area contributed by atoms with E-state index in [9.17, 15) is 27.6 Å². The molecule has 3 aromatic carbocycles. The third kappa shape index (κ3) is 9.63. The van der Waals surface area contributed by atoms with Crippen LogP contribution in [0.15, 0.2) is 66.7 Å². The van der Waals surface area contributed by atoms with Crippen LogP contribution in [0.1, 0.15) is 75.5 Å². The lowest BCUT2D eigenvalue weighted by molar-refractivity contribution is -0.155. The summed E-state index contributed by atoms with van der Waals surface area (Å²) < 4.78 is 63.4. The minimum Gasteiger partial charge on any atom is -0.497 e. The molecule has 0 bridgehead atoms. The number of amides is 2. The number of esters is 1. The molecule has 0 atom stereocenters. The first-order valence-electron chi connectivity index (χ1n) is 15.8. The largest absolute Gasteiger partial charge is 0.497 e. The molecule has 1 saturated heterocycles. The molecule has 3 aromatic rings. The molecule has 1 N–H and O–H groups in total. The summed E-state index contributed by atoms with van der Waals surface area (Å²) in [6.07, 6.45) is -5.21. The second-order valence-electron chi connectivity index (χ2n) is 13.9. The summed E-state index contributed by atoms with van der Waals surface area (Å²) in [5.74, 6) is -1.71. The number of alkyl halides is 3. The highest BCUT2D eigenvalue weighted by Gasteiger charge is 2.51. The van der Waals surface area contributed by atoms with Gasteiger partial charge in [-0.2, -0.15) is 13.2 Å². The summed E-state index contributed by atoms with van der Waals surface area (Å²) in [6, 6.07) is 16.7. The number of anilines is 1. The van der Waals surface area contributed by atoms with E-state index in [-0.39, 0.29) is 35.7 Å². The van der Waals surface area contributed by atoms with Crippen LogP contribution >= 0.6 is 0 Å². The molecule has 1 heterocycles. The Kier molecular flexibility index (Phi) is 10.9. The van der Waals surface area contributed by atoms with Gasteiger partial charge >= 0.3 is 19.3 Å². The Balaban J connectivity index is 1.48. The van der Waals surface area contributed by atoms with Crippen LogP contribution in [-0.2, 0) is 42.8 Å². The Morgan fingerprint density at radius 1 is 0.878 bits per heavy atom. The standard InChI is InChI=1S/C36H42BF3N2O7/c1-33(2,3)47-31(44)22-42(21-23-9-14-26(15-10-23)37-48-34(4,5)35(6,7)49-37)32(45)24-11-16-27(17-12-24)41-30(43)19-25-13-18-28(46-8)20-29(25)36(38,39)40/h9-18,20H,19,21-22H2,1-8H3,(H,41,43). The van der Waals surface area contributed by atoms with Gasteiger partial charge in [-0.05, 0) is 101 Å². The molecule has 1 fully saturated rings. The zero-order valence-electron chi connectivity index (χ0n) is 29.0. The lowest BCUT2D eigenvalue weighted by Crippen LogP contribution is -2.41. The Morgan fingerprint density at radius 3 is 2.00 bits per heavy atom. The average molecular weight is 683 g/mol. The number of nitrogens with zero attached hydrogens (tertiary/aromatic N) is 1. The van der Waals surface area contributed by atoms with E-state index in [0.29, 0.717) is 0 Å². The molecule has 0 aromatic heterocycles. The van der Waals surface area contributed by atoms with Gasteiger partial charge in [0, 0.05) is 17.8 Å². The van der Waals surface area contributed by atoms with Gasteiger partial charge in [-0.25, -0.2) is 0 Å². The van der Waals surface area contributed by atoms with Crippen molar-refractivity contribution in [3.8, 4) is 5.75 Å². The van der Waals surface area contributed by atoms with E-state index < -0.39 is 59.9 Å². The van der Waals surface area contributed by atoms with Gasteiger partial charge in [0.25, 0.3) is 5.91 Å². The molecular weight excluding hydrogens is 640 g/mol. The van der Waals surface area contributed by atoms with Gasteiger partial charge in [0.05, 0.1) is 30.3 Å². The maximum atomic E-state index is 13.7. The van der Waals surface area contributed by atoms with E-state index in [0.717, 1.165) is 17.1 Å². The lowest BCUT2D eigenvalue weighted by atomic mass is 9.79. The predicted molar refractivity (Wildman–Crippen MR) is 180 cm³/mol. The van der Waals surface area contributed by atoms with Crippen LogP contribution in [0, 0.1) is 0 Å². The summed E-state index contributed by atoms with van der Waals surface area (Å²) in [5, 5.41) is 2.57. The fraction of sp³-hybridized carbons (Fsp3) is 0.417. The molecule has 13 heteroatoms. The Morgan fingerprint density at radius 2 is 1.47 bits per heavy atom. The fourth-order valence-corrected chi connectivity index (χ4v) is 5.07. The van der Waals surface area contributed by atoms with Crippen molar-refractivity contribution >= 4 is 36.1 Å². The summed E-state index contributed by atoms with van der Waals surface area (Å²) in [7, 11) is 0.702. The highest BCUT2D eigenvalue weighted by atomic mass is 19.4. The fourth-order valence-electron chi connectivity index (χ4n) is 5.07. The maximum absolute atomic E-state index is 13.7. The smallest absolute Gasteiger partial charge is 0.494 e. The van der Waals surface area contributed by atoms with Gasteiger partial charge in [-0.3, -0.25) is 14.4 Å². The van der Waals surface area contributed by atoms with Crippen molar-refractivity contribution in [2.45, 2.75) is 84.4 Å². The first-order valence-corrected chi connectivity index (χ1v) is 15.8. The van der Waals surface area contributed by atoms with Crippen molar-refractivity contribution in [2.75, 3.05) is 19.0 Å². The highest BCUT2D eigenvalue weighted by molar-refractivity contribution is 6.62. The van der Waals surface area contributed by atoms with Crippen LogP contribution in [0.25, 0.3) is 0 Å². The van der Waals surface area contributed by atoms with Crippen LogP contribution < -0.4 is 15.5 Å². The van der Waals surface area contributed by atoms with Gasteiger partial charge in [-0.1, -0.05) is 30.3 Å². The normalized spacial score (nSPS) is 15.4. The van der Waals surface area contributed by atoms with Crippen molar-refractivity contribution in [2.24, 2.45) is 0 Å². The number of ether oxygens (including phenoxy) is 2. The van der Waals surface area contributed by atoms with Gasteiger partial charge in [0.15, 0.2) is 0 Å². The van der Waals surface area contributed by atoms with Crippen LogP contribution in [0.5, 0.6) is 5.75 Å². The van der Waals surface area contributed by atoms with Crippen LogP contribution in [-0.4, -0.2) is 60.3 Å². The number of halogens is 3. The quantitative estimate of drug-likeness (QED) is 0.201. The van der Waals surface area contributed by atoms with E-state index in [1.807, 2.05) is 52.0 Å². The highest BCUT2D eigenvalue weighted by Crippen LogP contribution is 2.37. The molecule has 0 spiro atoms. The van der Waals surface area contributed by atoms with Gasteiger partial charge in [-0.15, -0.1) is 0 Å². The van der Waals surface area contributed by atoms with Gasteiger partial charge in [0.2, 0.25) is 5.91 Å². The number of benzene rings is 3. The summed E-state index contributed by atoms with van der Waals surface area (Å²) in [4.78, 5) is 40.6. The van der Waals surface area contributed by atoms with Crippen molar-refractivity contribution in [3.05, 3.63) is 89.0 Å². The molecule has 49 heavy (non-hydrogen) atoms. The molecule has 262 valence electrons. The van der Waals surface area contributed by atoms with Crippen molar-refractivity contribution in [1.82, 2.24) is 4.90 Å².